The van der Waals surface area contributed by atoms with E-state index >= 15 is 0 Å². The van der Waals surface area contributed by atoms with Crippen molar-refractivity contribution in [2.45, 2.75) is 30.3 Å². The molecular formula is C21H18F3N3O4S. The van der Waals surface area contributed by atoms with Gasteiger partial charge < -0.3 is 9.47 Å². The first-order chi connectivity index (χ1) is 15.1. The van der Waals surface area contributed by atoms with Crippen molar-refractivity contribution in [3.63, 3.8) is 0 Å². The number of alkyl halides is 3. The van der Waals surface area contributed by atoms with Crippen LogP contribution in [0.25, 0.3) is 11.6 Å². The Morgan fingerprint density at radius 2 is 2.03 bits per heavy atom. The van der Waals surface area contributed by atoms with Gasteiger partial charge in [0.2, 0.25) is 0 Å². The largest absolute Gasteiger partial charge is 0.465 e. The summed E-state index contributed by atoms with van der Waals surface area (Å²) in [6.45, 7) is 0. The molecule has 4 rings (SSSR count). The molecule has 2 aromatic rings. The third-order valence-electron chi connectivity index (χ3n) is 4.74. The molecule has 0 saturated carbocycles. The first-order valence-electron chi connectivity index (χ1n) is 9.52. The van der Waals surface area contributed by atoms with Gasteiger partial charge in [-0.3, -0.25) is 0 Å². The third-order valence-corrected chi connectivity index (χ3v) is 5.83. The Hall–Kier alpha value is -3.34. The van der Waals surface area contributed by atoms with Crippen LogP contribution in [0, 0.1) is 0 Å². The molecule has 0 amide bonds. The maximum absolute atomic E-state index is 13.4. The van der Waals surface area contributed by atoms with Gasteiger partial charge in [-0.2, -0.15) is 18.3 Å². The zero-order valence-corrected chi connectivity index (χ0v) is 17.7. The Labute approximate surface area is 182 Å². The zero-order chi connectivity index (χ0) is 22.9. The number of allylic oxidation sites excluding steroid dienone is 4. The van der Waals surface area contributed by atoms with E-state index in [1.807, 2.05) is 18.2 Å². The highest BCUT2D eigenvalue weighted by Gasteiger charge is 2.36. The van der Waals surface area contributed by atoms with Gasteiger partial charge in [-0.25, -0.2) is 18.1 Å². The van der Waals surface area contributed by atoms with Gasteiger partial charge in [-0.05, 0) is 25.0 Å². The highest BCUT2D eigenvalue weighted by Crippen LogP contribution is 2.34. The van der Waals surface area contributed by atoms with E-state index in [9.17, 15) is 21.6 Å². The molecule has 7 nitrogen and oxygen atoms in total. The molecule has 1 aliphatic carbocycles. The number of sulfone groups is 1. The van der Waals surface area contributed by atoms with Crippen molar-refractivity contribution < 1.29 is 31.1 Å². The average Bonchev–Trinajstić information content (AvgIpc) is 3.20. The quantitative estimate of drug-likeness (QED) is 0.645. The van der Waals surface area contributed by atoms with E-state index in [1.165, 1.54) is 24.7 Å². The van der Waals surface area contributed by atoms with Crippen molar-refractivity contribution >= 4 is 15.6 Å². The van der Waals surface area contributed by atoms with Gasteiger partial charge in [0.1, 0.15) is 24.0 Å². The monoisotopic (exact) mass is 465 g/mol. The summed E-state index contributed by atoms with van der Waals surface area (Å²) >= 11 is 0. The Balaban J connectivity index is 1.67. The topological polar surface area (TPSA) is 83.3 Å². The van der Waals surface area contributed by atoms with Gasteiger partial charge in [0.25, 0.3) is 0 Å². The number of aromatic nitrogens is 3. The molecule has 11 heteroatoms. The lowest BCUT2D eigenvalue weighted by molar-refractivity contribution is -0.141. The van der Waals surface area contributed by atoms with Gasteiger partial charge in [0.05, 0.1) is 4.90 Å². The lowest BCUT2D eigenvalue weighted by Crippen LogP contribution is -2.10. The summed E-state index contributed by atoms with van der Waals surface area (Å²) in [4.78, 5) is 3.91. The lowest BCUT2D eigenvalue weighted by atomic mass is 10.0. The highest BCUT2D eigenvalue weighted by atomic mass is 32.2. The number of halogens is 3. The molecule has 0 atom stereocenters. The Bertz CT molecular complexity index is 1250. The summed E-state index contributed by atoms with van der Waals surface area (Å²) in [5.41, 5.74) is -0.0895. The molecule has 0 radical (unpaired) electrons. The van der Waals surface area contributed by atoms with E-state index in [0.717, 1.165) is 41.6 Å². The highest BCUT2D eigenvalue weighted by molar-refractivity contribution is 7.90. The van der Waals surface area contributed by atoms with Crippen LogP contribution >= 0.6 is 0 Å². The van der Waals surface area contributed by atoms with Gasteiger partial charge in [0, 0.05) is 24.9 Å². The maximum Gasteiger partial charge on any atom is 0.435 e. The van der Waals surface area contributed by atoms with E-state index in [0.29, 0.717) is 12.2 Å². The summed E-state index contributed by atoms with van der Waals surface area (Å²) in [5, 5.41) is 3.62. The average molecular weight is 465 g/mol. The van der Waals surface area contributed by atoms with Crippen molar-refractivity contribution in [2.75, 3.05) is 6.26 Å². The van der Waals surface area contributed by atoms with Crippen LogP contribution in [-0.4, -0.2) is 29.4 Å². The number of nitrogens with zero attached hydrogens (tertiary/aromatic N) is 3. The standard InChI is InChI=1S/C21H18F3N3O4S/c1-32(28,29)16-7-8-20(25-11-16)27-17(10-19(26-27)21(22,23)24)18-13-30-12-15(31-18)9-14-5-3-2-4-6-14/h2-3,5,7-8,10-13H,4,6,9H2,1H3. The van der Waals surface area contributed by atoms with Crippen LogP contribution in [0.4, 0.5) is 13.2 Å². The molecule has 168 valence electrons. The fourth-order valence-electron chi connectivity index (χ4n) is 3.16. The molecule has 32 heavy (non-hydrogen) atoms. The second kappa shape index (κ2) is 8.30. The second-order valence-electron chi connectivity index (χ2n) is 7.22. The van der Waals surface area contributed by atoms with Crippen molar-refractivity contribution in [2.24, 2.45) is 0 Å². The molecule has 3 heterocycles. The molecule has 2 aliphatic rings. The Morgan fingerprint density at radius 3 is 2.66 bits per heavy atom. The van der Waals surface area contributed by atoms with Crippen LogP contribution < -0.4 is 0 Å². The minimum Gasteiger partial charge on any atom is -0.465 e. The van der Waals surface area contributed by atoms with Crippen LogP contribution in [-0.2, 0) is 25.5 Å². The van der Waals surface area contributed by atoms with Gasteiger partial charge in [-0.1, -0.05) is 23.8 Å². The number of hydrogen-bond donors (Lipinski definition) is 0. The number of ether oxygens (including phenoxy) is 2. The van der Waals surface area contributed by atoms with Crippen LogP contribution in [0.15, 0.2) is 71.4 Å². The summed E-state index contributed by atoms with van der Waals surface area (Å²) in [6.07, 6.45) is 8.08. The lowest BCUT2D eigenvalue weighted by Gasteiger charge is -2.19. The summed E-state index contributed by atoms with van der Waals surface area (Å²) in [7, 11) is -3.52. The second-order valence-corrected chi connectivity index (χ2v) is 9.24. The minimum atomic E-state index is -4.71. The first kappa shape index (κ1) is 21.9. The van der Waals surface area contributed by atoms with Crippen LogP contribution in [0.1, 0.15) is 30.7 Å². The number of rotatable bonds is 5. The molecule has 0 N–H and O–H groups in total. The zero-order valence-electron chi connectivity index (χ0n) is 16.8. The van der Waals surface area contributed by atoms with Gasteiger partial charge in [0.15, 0.2) is 27.1 Å². The molecule has 0 fully saturated rings. The molecule has 0 unspecified atom stereocenters. The Kier molecular flexibility index (Phi) is 5.68. The fourth-order valence-corrected chi connectivity index (χ4v) is 3.72. The molecule has 0 spiro atoms. The van der Waals surface area contributed by atoms with E-state index in [-0.39, 0.29) is 22.2 Å². The van der Waals surface area contributed by atoms with E-state index in [1.54, 1.807) is 0 Å². The van der Waals surface area contributed by atoms with Gasteiger partial charge in [-0.15, -0.1) is 0 Å². The van der Waals surface area contributed by atoms with E-state index < -0.39 is 21.7 Å². The Morgan fingerprint density at radius 1 is 1.22 bits per heavy atom. The van der Waals surface area contributed by atoms with Crippen LogP contribution in [0.5, 0.6) is 0 Å². The maximum atomic E-state index is 13.4. The van der Waals surface area contributed by atoms with Crippen molar-refractivity contribution in [1.82, 2.24) is 14.8 Å². The van der Waals surface area contributed by atoms with Crippen molar-refractivity contribution in [1.29, 1.82) is 0 Å². The van der Waals surface area contributed by atoms with E-state index in [4.69, 9.17) is 9.47 Å². The summed E-state index contributed by atoms with van der Waals surface area (Å²) in [6, 6.07) is 3.34. The smallest absolute Gasteiger partial charge is 0.435 e. The molecule has 0 bridgehead atoms. The van der Waals surface area contributed by atoms with Crippen LogP contribution in [0.3, 0.4) is 0 Å². The molecule has 1 aliphatic heterocycles. The molecule has 2 aromatic heterocycles. The summed E-state index contributed by atoms with van der Waals surface area (Å²) < 4.78 is 75.5. The number of hydrogen-bond acceptors (Lipinski definition) is 6. The summed E-state index contributed by atoms with van der Waals surface area (Å²) in [5.74, 6) is 0.445. The van der Waals surface area contributed by atoms with Crippen LogP contribution in [0.2, 0.25) is 0 Å². The predicted octanol–water partition coefficient (Wildman–Crippen LogP) is 4.54. The molecule has 0 saturated heterocycles. The SMILES string of the molecule is CS(=O)(=O)c1ccc(-n2nc(C(F)(F)F)cc2C2=COC=C(CC3=CC=CCC3)O2)nc1. The normalized spacial score (nSPS) is 16.6. The predicted molar refractivity (Wildman–Crippen MR) is 109 cm³/mol. The van der Waals surface area contributed by atoms with Crippen molar-refractivity contribution in [3.8, 4) is 5.82 Å². The minimum absolute atomic E-state index is 0.0105. The molecular weight excluding hydrogens is 447 g/mol. The van der Waals surface area contributed by atoms with Crippen molar-refractivity contribution in [3.05, 3.63) is 77.9 Å². The fraction of sp³-hybridized carbons (Fsp3) is 0.238. The van der Waals surface area contributed by atoms with Gasteiger partial charge >= 0.3 is 6.18 Å². The molecule has 0 aromatic carbocycles. The number of pyridine rings is 1. The third kappa shape index (κ3) is 4.77. The van der Waals surface area contributed by atoms with E-state index in [2.05, 4.69) is 10.1 Å². The first-order valence-corrected chi connectivity index (χ1v) is 11.4.